The Morgan fingerprint density at radius 2 is 1.96 bits per heavy atom. The summed E-state index contributed by atoms with van der Waals surface area (Å²) < 4.78 is 31.0. The molecule has 1 heterocycles. The van der Waals surface area contributed by atoms with Crippen LogP contribution >= 0.6 is 0 Å². The number of hydrogen-bond acceptors (Lipinski definition) is 3. The summed E-state index contributed by atoms with van der Waals surface area (Å²) in [6, 6.07) is 8.32. The molecule has 2 aliphatic rings. The van der Waals surface area contributed by atoms with E-state index in [1.165, 1.54) is 12.8 Å². The van der Waals surface area contributed by atoms with Gasteiger partial charge in [-0.2, -0.15) is 0 Å². The van der Waals surface area contributed by atoms with Crippen molar-refractivity contribution in [3.8, 4) is 5.75 Å². The first-order valence-corrected chi connectivity index (χ1v) is 10.4. The van der Waals surface area contributed by atoms with Crippen molar-refractivity contribution < 1.29 is 13.5 Å². The van der Waals surface area contributed by atoms with Gasteiger partial charge < -0.3 is 15.4 Å². The van der Waals surface area contributed by atoms with Gasteiger partial charge in [0.05, 0.1) is 19.7 Å². The number of benzene rings is 1. The quantitative estimate of drug-likeness (QED) is 0.499. The summed E-state index contributed by atoms with van der Waals surface area (Å²) in [7, 11) is 0. The van der Waals surface area contributed by atoms with Crippen LogP contribution in [0.15, 0.2) is 29.3 Å². The number of piperidine rings is 1. The van der Waals surface area contributed by atoms with E-state index in [2.05, 4.69) is 16.7 Å². The maximum Gasteiger partial charge on any atom is 0.251 e. The largest absolute Gasteiger partial charge is 0.493 e. The summed E-state index contributed by atoms with van der Waals surface area (Å²) >= 11 is 0. The molecule has 3 rings (SSSR count). The molecule has 28 heavy (non-hydrogen) atoms. The van der Waals surface area contributed by atoms with E-state index in [-0.39, 0.29) is 12.6 Å². The number of para-hydroxylation sites is 1. The van der Waals surface area contributed by atoms with E-state index in [4.69, 9.17) is 9.73 Å². The Hall–Kier alpha value is -1.89. The molecule has 1 aromatic carbocycles. The number of likely N-dealkylation sites (tertiary alicyclic amines) is 1. The molecule has 0 spiro atoms. The van der Waals surface area contributed by atoms with Crippen molar-refractivity contribution in [1.29, 1.82) is 0 Å². The topological polar surface area (TPSA) is 48.9 Å². The summed E-state index contributed by atoms with van der Waals surface area (Å²) in [5.74, 6) is 2.40. The number of guanidine groups is 1. The lowest BCUT2D eigenvalue weighted by atomic mass is 10.1. The molecule has 2 fully saturated rings. The molecular formula is C21H32F2N4O. The first-order chi connectivity index (χ1) is 13.6. The van der Waals surface area contributed by atoms with Crippen molar-refractivity contribution in [3.63, 3.8) is 0 Å². The second kappa shape index (κ2) is 10.6. The van der Waals surface area contributed by atoms with Gasteiger partial charge in [0.15, 0.2) is 5.96 Å². The maximum absolute atomic E-state index is 12.5. The van der Waals surface area contributed by atoms with E-state index < -0.39 is 6.43 Å². The van der Waals surface area contributed by atoms with Crippen LogP contribution in [0.5, 0.6) is 5.75 Å². The van der Waals surface area contributed by atoms with Gasteiger partial charge in [-0.3, -0.25) is 4.90 Å². The number of nitrogens with zero attached hydrogens (tertiary/aromatic N) is 2. The van der Waals surface area contributed by atoms with Gasteiger partial charge in [-0.15, -0.1) is 0 Å². The van der Waals surface area contributed by atoms with Gasteiger partial charge in [-0.25, -0.2) is 13.8 Å². The minimum atomic E-state index is -2.26. The van der Waals surface area contributed by atoms with Crippen molar-refractivity contribution in [2.45, 2.75) is 51.6 Å². The molecule has 0 bridgehead atoms. The van der Waals surface area contributed by atoms with Gasteiger partial charge in [-0.05, 0) is 44.6 Å². The number of halogens is 2. The molecule has 1 aromatic rings. The monoisotopic (exact) mass is 394 g/mol. The van der Waals surface area contributed by atoms with Crippen LogP contribution in [0, 0.1) is 5.92 Å². The van der Waals surface area contributed by atoms with Crippen LogP contribution in [0.1, 0.15) is 38.2 Å². The molecule has 1 saturated heterocycles. The third-order valence-corrected chi connectivity index (χ3v) is 5.22. The highest BCUT2D eigenvalue weighted by atomic mass is 19.3. The van der Waals surface area contributed by atoms with E-state index >= 15 is 0 Å². The Kier molecular flexibility index (Phi) is 7.89. The van der Waals surface area contributed by atoms with Crippen molar-refractivity contribution in [2.75, 3.05) is 32.8 Å². The van der Waals surface area contributed by atoms with E-state index in [9.17, 15) is 8.78 Å². The SMILES string of the molecule is CCNC(=NCc1ccccc1OCC1CC1)NC1CCN(CC(F)F)CC1. The maximum atomic E-state index is 12.5. The van der Waals surface area contributed by atoms with Gasteiger partial charge in [0.1, 0.15) is 5.75 Å². The van der Waals surface area contributed by atoms with Crippen molar-refractivity contribution in [3.05, 3.63) is 29.8 Å². The second-order valence-electron chi connectivity index (χ2n) is 7.67. The molecule has 156 valence electrons. The smallest absolute Gasteiger partial charge is 0.251 e. The molecule has 2 N–H and O–H groups in total. The van der Waals surface area contributed by atoms with Crippen molar-refractivity contribution in [2.24, 2.45) is 10.9 Å². The number of ether oxygens (including phenoxy) is 1. The zero-order chi connectivity index (χ0) is 19.8. The number of alkyl halides is 2. The summed E-state index contributed by atoms with van der Waals surface area (Å²) in [5, 5.41) is 6.75. The first kappa shape index (κ1) is 20.8. The fourth-order valence-electron chi connectivity index (χ4n) is 3.40. The Bertz CT molecular complexity index is 629. The molecule has 1 saturated carbocycles. The number of hydrogen-bond donors (Lipinski definition) is 2. The van der Waals surface area contributed by atoms with Gasteiger partial charge in [0.2, 0.25) is 0 Å². The molecule has 0 aromatic heterocycles. The van der Waals surface area contributed by atoms with E-state index in [1.54, 1.807) is 0 Å². The Balaban J connectivity index is 1.53. The molecule has 0 atom stereocenters. The van der Waals surface area contributed by atoms with Gasteiger partial charge >= 0.3 is 0 Å². The van der Waals surface area contributed by atoms with Crippen molar-refractivity contribution in [1.82, 2.24) is 15.5 Å². The van der Waals surface area contributed by atoms with E-state index in [0.29, 0.717) is 25.6 Å². The third-order valence-electron chi connectivity index (χ3n) is 5.22. The number of rotatable bonds is 9. The lowest BCUT2D eigenvalue weighted by Crippen LogP contribution is -2.49. The summed E-state index contributed by atoms with van der Waals surface area (Å²) in [4.78, 5) is 6.56. The van der Waals surface area contributed by atoms with Crippen LogP contribution in [-0.4, -0.2) is 56.1 Å². The molecule has 0 amide bonds. The number of aliphatic imine (C=N–C) groups is 1. The van der Waals surface area contributed by atoms with Crippen LogP contribution in [0.4, 0.5) is 8.78 Å². The molecule has 1 aliphatic heterocycles. The highest BCUT2D eigenvalue weighted by molar-refractivity contribution is 5.80. The first-order valence-electron chi connectivity index (χ1n) is 10.4. The molecule has 5 nitrogen and oxygen atoms in total. The number of nitrogens with one attached hydrogen (secondary N) is 2. The van der Waals surface area contributed by atoms with Crippen LogP contribution in [0.3, 0.4) is 0 Å². The van der Waals surface area contributed by atoms with E-state index in [1.807, 2.05) is 30.0 Å². The van der Waals surface area contributed by atoms with Gasteiger partial charge in [0, 0.05) is 31.2 Å². The van der Waals surface area contributed by atoms with Crippen LogP contribution in [-0.2, 0) is 6.54 Å². The highest BCUT2D eigenvalue weighted by Gasteiger charge is 2.23. The summed E-state index contributed by atoms with van der Waals surface area (Å²) in [6.07, 6.45) is 1.97. The minimum absolute atomic E-state index is 0.126. The molecule has 1 aliphatic carbocycles. The molecular weight excluding hydrogens is 362 g/mol. The second-order valence-corrected chi connectivity index (χ2v) is 7.67. The summed E-state index contributed by atoms with van der Waals surface area (Å²) in [5.41, 5.74) is 1.08. The fourth-order valence-corrected chi connectivity index (χ4v) is 3.40. The highest BCUT2D eigenvalue weighted by Crippen LogP contribution is 2.30. The normalized spacial score (nSPS) is 19.1. The average molecular weight is 395 g/mol. The minimum Gasteiger partial charge on any atom is -0.493 e. The van der Waals surface area contributed by atoms with Gasteiger partial charge in [0.25, 0.3) is 6.43 Å². The lowest BCUT2D eigenvalue weighted by molar-refractivity contribution is 0.0744. The molecule has 0 radical (unpaired) electrons. The van der Waals surface area contributed by atoms with E-state index in [0.717, 1.165) is 43.3 Å². The average Bonchev–Trinajstić information content (AvgIpc) is 3.51. The Morgan fingerprint density at radius 1 is 1.21 bits per heavy atom. The fraction of sp³-hybridized carbons (Fsp3) is 0.667. The zero-order valence-electron chi connectivity index (χ0n) is 16.7. The van der Waals surface area contributed by atoms with Crippen LogP contribution in [0.2, 0.25) is 0 Å². The summed E-state index contributed by atoms with van der Waals surface area (Å²) in [6.45, 7) is 5.40. The standard InChI is InChI=1S/C21H32F2N4O/c1-2-24-21(26-18-9-11-27(12-10-18)14-20(22)23)25-13-17-5-3-4-6-19(17)28-15-16-7-8-16/h3-6,16,18,20H,2,7-15H2,1H3,(H2,24,25,26). The Labute approximate surface area is 166 Å². The zero-order valence-corrected chi connectivity index (χ0v) is 16.7. The predicted molar refractivity (Wildman–Crippen MR) is 108 cm³/mol. The Morgan fingerprint density at radius 3 is 2.64 bits per heavy atom. The molecule has 7 heteroatoms. The van der Waals surface area contributed by atoms with Crippen LogP contribution < -0.4 is 15.4 Å². The lowest BCUT2D eigenvalue weighted by Gasteiger charge is -2.32. The van der Waals surface area contributed by atoms with Crippen LogP contribution in [0.25, 0.3) is 0 Å². The predicted octanol–water partition coefficient (Wildman–Crippen LogP) is 3.26. The third kappa shape index (κ3) is 6.93. The van der Waals surface area contributed by atoms with Crippen molar-refractivity contribution >= 4 is 5.96 Å². The molecule has 0 unspecified atom stereocenters. The van der Waals surface area contributed by atoms with Gasteiger partial charge in [-0.1, -0.05) is 18.2 Å².